The summed E-state index contributed by atoms with van der Waals surface area (Å²) in [5.41, 5.74) is 2.52. The van der Waals surface area contributed by atoms with Crippen LogP contribution in [0.5, 0.6) is 0 Å². The Bertz CT molecular complexity index is 1120. The minimum absolute atomic E-state index is 0.293. The maximum absolute atomic E-state index is 11.9. The van der Waals surface area contributed by atoms with Gasteiger partial charge >= 0.3 is 5.63 Å². The van der Waals surface area contributed by atoms with E-state index in [1.165, 1.54) is 10.9 Å². The van der Waals surface area contributed by atoms with E-state index in [1.807, 2.05) is 37.3 Å². The molecule has 0 aliphatic rings. The first kappa shape index (κ1) is 15.5. The van der Waals surface area contributed by atoms with Gasteiger partial charge in [0.05, 0.1) is 6.54 Å². The van der Waals surface area contributed by atoms with Crippen molar-refractivity contribution in [3.63, 3.8) is 0 Å². The Morgan fingerprint density at radius 1 is 1.16 bits per heavy atom. The summed E-state index contributed by atoms with van der Waals surface area (Å²) in [6.45, 7) is 2.15. The van der Waals surface area contributed by atoms with E-state index in [0.29, 0.717) is 23.0 Å². The van der Waals surface area contributed by atoms with E-state index in [-0.39, 0.29) is 0 Å². The Kier molecular flexibility index (Phi) is 3.82. The highest BCUT2D eigenvalue weighted by atomic mass is 35.5. The molecule has 0 unspecified atom stereocenters. The van der Waals surface area contributed by atoms with E-state index >= 15 is 0 Å². The normalized spacial score (nSPS) is 11.1. The summed E-state index contributed by atoms with van der Waals surface area (Å²) in [4.78, 5) is 13.3. The Morgan fingerprint density at radius 2 is 1.96 bits per heavy atom. The molecule has 0 bridgehead atoms. The summed E-state index contributed by atoms with van der Waals surface area (Å²) in [6.07, 6.45) is 0. The predicted octanol–water partition coefficient (Wildman–Crippen LogP) is 3.46. The van der Waals surface area contributed by atoms with Crippen molar-refractivity contribution in [3.8, 4) is 11.4 Å². The summed E-state index contributed by atoms with van der Waals surface area (Å²) in [6, 6.07) is 14.6. The van der Waals surface area contributed by atoms with Crippen LogP contribution in [0.15, 0.2) is 57.7 Å². The Hall–Kier alpha value is -2.99. The van der Waals surface area contributed by atoms with E-state index in [4.69, 9.17) is 16.0 Å². The van der Waals surface area contributed by atoms with Crippen LogP contribution in [-0.2, 0) is 6.54 Å². The summed E-state index contributed by atoms with van der Waals surface area (Å²) in [5, 5.41) is 13.9. The first-order valence-corrected chi connectivity index (χ1v) is 8.04. The third kappa shape index (κ3) is 3.04. The molecule has 0 saturated carbocycles. The molecule has 0 fully saturated rings. The van der Waals surface area contributed by atoms with E-state index in [9.17, 15) is 4.79 Å². The van der Waals surface area contributed by atoms with Gasteiger partial charge in [0.15, 0.2) is 0 Å². The summed E-state index contributed by atoms with van der Waals surface area (Å²) in [7, 11) is 0. The standard InChI is InChI=1S/C18H13ClN4O2/c1-11-7-16-14(9-15(11)19)13(8-17(24)25-16)10-23-21-18(20-22-23)12-5-3-2-4-6-12/h2-9H,10H2,1H3. The molecule has 0 spiro atoms. The first-order chi connectivity index (χ1) is 12.1. The van der Waals surface area contributed by atoms with Gasteiger partial charge < -0.3 is 4.42 Å². The monoisotopic (exact) mass is 352 g/mol. The molecule has 6 nitrogen and oxygen atoms in total. The molecule has 0 amide bonds. The molecule has 7 heteroatoms. The van der Waals surface area contributed by atoms with Crippen LogP contribution in [0, 0.1) is 6.92 Å². The third-order valence-electron chi connectivity index (χ3n) is 3.91. The van der Waals surface area contributed by atoms with Crippen molar-refractivity contribution in [1.82, 2.24) is 20.2 Å². The van der Waals surface area contributed by atoms with Gasteiger partial charge in [0, 0.05) is 22.0 Å². The molecule has 0 aliphatic heterocycles. The lowest BCUT2D eigenvalue weighted by Crippen LogP contribution is -2.08. The summed E-state index contributed by atoms with van der Waals surface area (Å²) in [5.74, 6) is 0.529. The van der Waals surface area contributed by atoms with E-state index in [1.54, 1.807) is 12.1 Å². The zero-order valence-electron chi connectivity index (χ0n) is 13.3. The van der Waals surface area contributed by atoms with Gasteiger partial charge in [-0.3, -0.25) is 0 Å². The average molecular weight is 353 g/mol. The second-order valence-corrected chi connectivity index (χ2v) is 6.10. The van der Waals surface area contributed by atoms with Crippen molar-refractivity contribution >= 4 is 22.6 Å². The van der Waals surface area contributed by atoms with Crippen molar-refractivity contribution in [2.75, 3.05) is 0 Å². The smallest absolute Gasteiger partial charge is 0.336 e. The fourth-order valence-corrected chi connectivity index (χ4v) is 2.81. The predicted molar refractivity (Wildman–Crippen MR) is 94.6 cm³/mol. The number of hydrogen-bond donors (Lipinski definition) is 0. The first-order valence-electron chi connectivity index (χ1n) is 7.66. The Morgan fingerprint density at radius 3 is 2.76 bits per heavy atom. The number of hydrogen-bond acceptors (Lipinski definition) is 5. The van der Waals surface area contributed by atoms with Gasteiger partial charge in [-0.15, -0.1) is 10.2 Å². The van der Waals surface area contributed by atoms with Crippen LogP contribution >= 0.6 is 11.6 Å². The number of rotatable bonds is 3. The number of tetrazole rings is 1. The van der Waals surface area contributed by atoms with Gasteiger partial charge in [-0.1, -0.05) is 41.9 Å². The van der Waals surface area contributed by atoms with E-state index < -0.39 is 5.63 Å². The van der Waals surface area contributed by atoms with E-state index in [0.717, 1.165) is 22.1 Å². The van der Waals surface area contributed by atoms with Gasteiger partial charge in [-0.2, -0.15) is 4.80 Å². The molecule has 4 aromatic rings. The summed E-state index contributed by atoms with van der Waals surface area (Å²) < 4.78 is 5.27. The largest absolute Gasteiger partial charge is 0.423 e. The quantitative estimate of drug-likeness (QED) is 0.528. The highest BCUT2D eigenvalue weighted by molar-refractivity contribution is 6.32. The van der Waals surface area contributed by atoms with Crippen molar-refractivity contribution in [1.29, 1.82) is 0 Å². The minimum Gasteiger partial charge on any atom is -0.423 e. The highest BCUT2D eigenvalue weighted by Crippen LogP contribution is 2.25. The lowest BCUT2D eigenvalue weighted by Gasteiger charge is -2.06. The zero-order valence-corrected chi connectivity index (χ0v) is 14.1. The Balaban J connectivity index is 1.75. The average Bonchev–Trinajstić information content (AvgIpc) is 3.06. The number of halogens is 1. The SMILES string of the molecule is Cc1cc2oc(=O)cc(Cn3nnc(-c4ccccc4)n3)c2cc1Cl. The minimum atomic E-state index is -0.423. The second-order valence-electron chi connectivity index (χ2n) is 5.70. The number of aryl methyl sites for hydroxylation is 1. The fraction of sp³-hybridized carbons (Fsp3) is 0.111. The number of aromatic nitrogens is 4. The molecular weight excluding hydrogens is 340 g/mol. The van der Waals surface area contributed by atoms with Crippen LogP contribution in [-0.4, -0.2) is 20.2 Å². The van der Waals surface area contributed by atoms with Crippen molar-refractivity contribution < 1.29 is 4.42 Å². The van der Waals surface area contributed by atoms with Crippen LogP contribution in [0.2, 0.25) is 5.02 Å². The van der Waals surface area contributed by atoms with Gasteiger partial charge in [0.25, 0.3) is 0 Å². The van der Waals surface area contributed by atoms with Crippen molar-refractivity contribution in [2.45, 2.75) is 13.5 Å². The lowest BCUT2D eigenvalue weighted by molar-refractivity contribution is 0.545. The molecule has 2 aromatic carbocycles. The molecular formula is C18H13ClN4O2. The topological polar surface area (TPSA) is 73.8 Å². The van der Waals surface area contributed by atoms with Crippen LogP contribution in [0.4, 0.5) is 0 Å². The molecule has 0 saturated heterocycles. The number of fused-ring (bicyclic) bond motifs is 1. The molecule has 4 rings (SSSR count). The second kappa shape index (κ2) is 6.14. The van der Waals surface area contributed by atoms with Crippen molar-refractivity contribution in [2.24, 2.45) is 0 Å². The van der Waals surface area contributed by atoms with E-state index in [2.05, 4.69) is 15.4 Å². The van der Waals surface area contributed by atoms with Crippen molar-refractivity contribution in [3.05, 3.63) is 75.1 Å². The zero-order chi connectivity index (χ0) is 17.4. The molecule has 2 aromatic heterocycles. The maximum Gasteiger partial charge on any atom is 0.336 e. The van der Waals surface area contributed by atoms with Gasteiger partial charge in [-0.05, 0) is 35.4 Å². The molecule has 124 valence electrons. The molecule has 2 heterocycles. The molecule has 25 heavy (non-hydrogen) atoms. The molecule has 0 aliphatic carbocycles. The Labute approximate surface area is 147 Å². The van der Waals surface area contributed by atoms with Gasteiger partial charge in [0.2, 0.25) is 5.82 Å². The van der Waals surface area contributed by atoms with Crippen LogP contribution in [0.3, 0.4) is 0 Å². The maximum atomic E-state index is 11.9. The molecule has 0 N–H and O–H groups in total. The highest BCUT2D eigenvalue weighted by Gasteiger charge is 2.11. The van der Waals surface area contributed by atoms with Crippen LogP contribution in [0.1, 0.15) is 11.1 Å². The summed E-state index contributed by atoms with van der Waals surface area (Å²) >= 11 is 6.22. The molecule has 0 radical (unpaired) electrons. The van der Waals surface area contributed by atoms with Gasteiger partial charge in [-0.25, -0.2) is 4.79 Å². The third-order valence-corrected chi connectivity index (χ3v) is 4.31. The fourth-order valence-electron chi connectivity index (χ4n) is 2.64. The number of benzene rings is 2. The lowest BCUT2D eigenvalue weighted by atomic mass is 10.1. The van der Waals surface area contributed by atoms with Crippen LogP contribution in [0.25, 0.3) is 22.4 Å². The molecule has 0 atom stereocenters. The van der Waals surface area contributed by atoms with Crippen LogP contribution < -0.4 is 5.63 Å². The number of nitrogens with zero attached hydrogens (tertiary/aromatic N) is 4. The van der Waals surface area contributed by atoms with Gasteiger partial charge in [0.1, 0.15) is 5.58 Å².